The summed E-state index contributed by atoms with van der Waals surface area (Å²) in [7, 11) is 0. The summed E-state index contributed by atoms with van der Waals surface area (Å²) in [5.74, 6) is -0.177. The van der Waals surface area contributed by atoms with Gasteiger partial charge >= 0.3 is 0 Å². The van der Waals surface area contributed by atoms with Crippen LogP contribution in [-0.4, -0.2) is 10.9 Å². The van der Waals surface area contributed by atoms with Gasteiger partial charge in [-0.1, -0.05) is 46.3 Å². The van der Waals surface area contributed by atoms with E-state index in [2.05, 4.69) is 26.2 Å². The predicted octanol–water partition coefficient (Wildman–Crippen LogP) is 4.95. The Bertz CT molecular complexity index is 687. The van der Waals surface area contributed by atoms with E-state index in [-0.39, 0.29) is 5.91 Å². The van der Waals surface area contributed by atoms with Gasteiger partial charge in [0.1, 0.15) is 0 Å². The number of hydrogen-bond acceptors (Lipinski definition) is 3. The first-order valence-corrected chi connectivity index (χ1v) is 8.05. The lowest BCUT2D eigenvalue weighted by atomic mass is 10.1. The van der Waals surface area contributed by atoms with Crippen LogP contribution in [0.15, 0.2) is 53.0 Å². The Morgan fingerprint density at radius 1 is 1.29 bits per heavy atom. The molecule has 2 aromatic rings. The summed E-state index contributed by atoms with van der Waals surface area (Å²) in [5.41, 5.74) is 1.94. The summed E-state index contributed by atoms with van der Waals surface area (Å²) >= 11 is 4.89. The molecule has 1 amide bonds. The van der Waals surface area contributed by atoms with Crippen LogP contribution in [0.25, 0.3) is 11.3 Å². The average molecular weight is 363 g/mol. The number of aryl methyl sites for hydroxylation is 1. The highest BCUT2D eigenvalue weighted by Crippen LogP contribution is 2.30. The summed E-state index contributed by atoms with van der Waals surface area (Å²) < 4.78 is 1.03. The average Bonchev–Trinajstić information content (AvgIpc) is 2.80. The summed E-state index contributed by atoms with van der Waals surface area (Å²) in [4.78, 5) is 17.3. The molecule has 1 aromatic heterocycles. The molecule has 0 saturated carbocycles. The number of halogens is 1. The third-order valence-electron chi connectivity index (χ3n) is 2.70. The summed E-state index contributed by atoms with van der Waals surface area (Å²) in [6.07, 6.45) is 6.85. The number of thiazole rings is 1. The molecule has 1 N–H and O–H groups in total. The molecular weight excluding hydrogens is 348 g/mol. The predicted molar refractivity (Wildman–Crippen MR) is 92.6 cm³/mol. The molecule has 3 nitrogen and oxygen atoms in total. The second-order valence-corrected chi connectivity index (χ2v) is 6.42. The second kappa shape index (κ2) is 7.33. The lowest BCUT2D eigenvalue weighted by Gasteiger charge is -1.98. The van der Waals surface area contributed by atoms with Crippen molar-refractivity contribution in [1.29, 1.82) is 0 Å². The fourth-order valence-corrected chi connectivity index (χ4v) is 2.83. The van der Waals surface area contributed by atoms with E-state index in [1.807, 2.05) is 44.2 Å². The minimum atomic E-state index is -0.177. The van der Waals surface area contributed by atoms with E-state index in [4.69, 9.17) is 0 Å². The molecule has 108 valence electrons. The first-order chi connectivity index (χ1) is 10.1. The SMILES string of the molecule is C/C=C/C=C/C(=O)Nc1nc(-c2ccc(Br)cc2)c(C)s1. The summed E-state index contributed by atoms with van der Waals surface area (Å²) in [6.45, 7) is 3.90. The Morgan fingerprint density at radius 2 is 2.00 bits per heavy atom. The van der Waals surface area contributed by atoms with Gasteiger partial charge in [0.25, 0.3) is 0 Å². The number of benzene rings is 1. The molecule has 0 aliphatic carbocycles. The normalized spacial score (nSPS) is 11.4. The van der Waals surface area contributed by atoms with Crippen molar-refractivity contribution in [3.05, 3.63) is 57.9 Å². The molecule has 0 fully saturated rings. The second-order valence-electron chi connectivity index (χ2n) is 4.30. The zero-order valence-electron chi connectivity index (χ0n) is 11.8. The fraction of sp³-hybridized carbons (Fsp3) is 0.125. The van der Waals surface area contributed by atoms with Crippen LogP contribution in [0.1, 0.15) is 11.8 Å². The van der Waals surface area contributed by atoms with Crippen LogP contribution in [0.4, 0.5) is 5.13 Å². The van der Waals surface area contributed by atoms with Crippen molar-refractivity contribution in [2.45, 2.75) is 13.8 Å². The van der Waals surface area contributed by atoms with Gasteiger partial charge in [-0.15, -0.1) is 11.3 Å². The maximum Gasteiger partial charge on any atom is 0.250 e. The zero-order chi connectivity index (χ0) is 15.2. The molecule has 0 bridgehead atoms. The topological polar surface area (TPSA) is 42.0 Å². The van der Waals surface area contributed by atoms with Crippen molar-refractivity contribution in [2.75, 3.05) is 5.32 Å². The molecule has 0 atom stereocenters. The molecular formula is C16H15BrN2OS. The van der Waals surface area contributed by atoms with Crippen LogP contribution in [-0.2, 0) is 4.79 Å². The van der Waals surface area contributed by atoms with Gasteiger partial charge in [-0.05, 0) is 26.0 Å². The highest BCUT2D eigenvalue weighted by atomic mass is 79.9. The van der Waals surface area contributed by atoms with Crippen molar-refractivity contribution in [3.8, 4) is 11.3 Å². The Labute approximate surface area is 136 Å². The number of aromatic nitrogens is 1. The lowest BCUT2D eigenvalue weighted by Crippen LogP contribution is -2.07. The number of carbonyl (C=O) groups excluding carboxylic acids is 1. The minimum Gasteiger partial charge on any atom is -0.298 e. The molecule has 0 aliphatic heterocycles. The van der Waals surface area contributed by atoms with Gasteiger partial charge < -0.3 is 0 Å². The van der Waals surface area contributed by atoms with E-state index in [1.54, 1.807) is 12.2 Å². The standard InChI is InChI=1S/C16H15BrN2OS/c1-3-4-5-6-14(20)18-16-19-15(11(2)21-16)12-7-9-13(17)10-8-12/h3-10H,1-2H3,(H,18,19,20)/b4-3+,6-5+. The third-order valence-corrected chi connectivity index (χ3v) is 4.11. The Morgan fingerprint density at radius 3 is 2.67 bits per heavy atom. The van der Waals surface area contributed by atoms with Crippen LogP contribution in [0, 0.1) is 6.92 Å². The van der Waals surface area contributed by atoms with Gasteiger partial charge in [-0.25, -0.2) is 4.98 Å². The van der Waals surface area contributed by atoms with E-state index < -0.39 is 0 Å². The molecule has 0 saturated heterocycles. The van der Waals surface area contributed by atoms with Crippen molar-refractivity contribution in [1.82, 2.24) is 4.98 Å². The highest BCUT2D eigenvalue weighted by Gasteiger charge is 2.10. The van der Waals surface area contributed by atoms with Gasteiger partial charge in [0.15, 0.2) is 5.13 Å². The quantitative estimate of drug-likeness (QED) is 0.617. The smallest absolute Gasteiger partial charge is 0.250 e. The number of allylic oxidation sites excluding steroid dienone is 3. The summed E-state index contributed by atoms with van der Waals surface area (Å²) in [5, 5.41) is 3.39. The molecule has 1 heterocycles. The molecule has 0 radical (unpaired) electrons. The number of hydrogen-bond donors (Lipinski definition) is 1. The molecule has 0 spiro atoms. The fourth-order valence-electron chi connectivity index (χ4n) is 1.73. The minimum absolute atomic E-state index is 0.177. The van der Waals surface area contributed by atoms with E-state index in [9.17, 15) is 4.79 Å². The van der Waals surface area contributed by atoms with Gasteiger partial charge in [0, 0.05) is 21.0 Å². The first-order valence-electron chi connectivity index (χ1n) is 6.44. The number of amides is 1. The van der Waals surface area contributed by atoms with Crippen LogP contribution in [0.2, 0.25) is 0 Å². The van der Waals surface area contributed by atoms with Crippen molar-refractivity contribution in [3.63, 3.8) is 0 Å². The maximum atomic E-state index is 11.7. The van der Waals surface area contributed by atoms with E-state index >= 15 is 0 Å². The Hall–Kier alpha value is -1.72. The third kappa shape index (κ3) is 4.37. The highest BCUT2D eigenvalue weighted by molar-refractivity contribution is 9.10. The van der Waals surface area contributed by atoms with Crippen LogP contribution in [0.3, 0.4) is 0 Å². The summed E-state index contributed by atoms with van der Waals surface area (Å²) in [6, 6.07) is 7.96. The number of rotatable bonds is 4. The molecule has 1 aromatic carbocycles. The molecule has 0 aliphatic rings. The maximum absolute atomic E-state index is 11.7. The number of nitrogens with zero attached hydrogens (tertiary/aromatic N) is 1. The lowest BCUT2D eigenvalue weighted by molar-refractivity contribution is -0.111. The molecule has 0 unspecified atom stereocenters. The number of anilines is 1. The Balaban J connectivity index is 2.15. The number of nitrogens with one attached hydrogen (secondary N) is 1. The zero-order valence-corrected chi connectivity index (χ0v) is 14.2. The van der Waals surface area contributed by atoms with Crippen LogP contribution >= 0.6 is 27.3 Å². The molecule has 2 rings (SSSR count). The van der Waals surface area contributed by atoms with E-state index in [1.165, 1.54) is 17.4 Å². The van der Waals surface area contributed by atoms with Crippen molar-refractivity contribution >= 4 is 38.3 Å². The largest absolute Gasteiger partial charge is 0.298 e. The first kappa shape index (κ1) is 15.7. The molecule has 5 heteroatoms. The van der Waals surface area contributed by atoms with E-state index in [0.29, 0.717) is 5.13 Å². The Kier molecular flexibility index (Phi) is 5.47. The molecule has 21 heavy (non-hydrogen) atoms. The number of carbonyl (C=O) groups is 1. The van der Waals surface area contributed by atoms with Gasteiger partial charge in [0.05, 0.1) is 5.69 Å². The van der Waals surface area contributed by atoms with Gasteiger partial charge in [-0.3, -0.25) is 10.1 Å². The van der Waals surface area contributed by atoms with Gasteiger partial charge in [0.2, 0.25) is 5.91 Å². The monoisotopic (exact) mass is 362 g/mol. The van der Waals surface area contributed by atoms with Gasteiger partial charge in [-0.2, -0.15) is 0 Å². The van der Waals surface area contributed by atoms with Crippen molar-refractivity contribution in [2.24, 2.45) is 0 Å². The van der Waals surface area contributed by atoms with Crippen LogP contribution < -0.4 is 5.32 Å². The van der Waals surface area contributed by atoms with Crippen LogP contribution in [0.5, 0.6) is 0 Å². The van der Waals surface area contributed by atoms with Crippen molar-refractivity contribution < 1.29 is 4.79 Å². The van der Waals surface area contributed by atoms with E-state index in [0.717, 1.165) is 20.6 Å².